The fourth-order valence-electron chi connectivity index (χ4n) is 2.75. The molecular weight excluding hydrogens is 316 g/mol. The molecular formula is C20H20N2O3. The molecule has 0 aliphatic carbocycles. The average Bonchev–Trinajstić information content (AvgIpc) is 2.61. The number of benzene rings is 2. The Bertz CT molecular complexity index is 933. The topological polar surface area (TPSA) is 71.2 Å². The molecule has 0 unspecified atom stereocenters. The summed E-state index contributed by atoms with van der Waals surface area (Å²) in [5.74, 6) is 0.389. The van der Waals surface area contributed by atoms with Crippen LogP contribution in [-0.4, -0.2) is 17.5 Å². The molecule has 2 N–H and O–H groups in total. The van der Waals surface area contributed by atoms with E-state index in [-0.39, 0.29) is 18.1 Å². The van der Waals surface area contributed by atoms with Crippen LogP contribution in [0, 0.1) is 0 Å². The Balaban J connectivity index is 1.73. The van der Waals surface area contributed by atoms with Crippen molar-refractivity contribution in [1.29, 1.82) is 0 Å². The Morgan fingerprint density at radius 3 is 2.68 bits per heavy atom. The molecule has 3 aromatic rings. The molecule has 0 aliphatic rings. The Hall–Kier alpha value is -3.08. The standard InChI is InChI=1S/C20H20N2O3/c1-2-6-14-11-19(23)22-18-12-15(9-10-17(14)18)21-20(24)13-25-16-7-4-3-5-8-16/h3-5,7-12H,2,6,13H2,1H3,(H,21,24)(H,22,23). The minimum absolute atomic E-state index is 0.0750. The summed E-state index contributed by atoms with van der Waals surface area (Å²) >= 11 is 0. The summed E-state index contributed by atoms with van der Waals surface area (Å²) in [6.45, 7) is 2.00. The number of ether oxygens (including phenoxy) is 1. The lowest BCUT2D eigenvalue weighted by molar-refractivity contribution is -0.118. The number of fused-ring (bicyclic) bond motifs is 1. The number of rotatable bonds is 6. The van der Waals surface area contributed by atoms with Crippen molar-refractivity contribution in [2.75, 3.05) is 11.9 Å². The van der Waals surface area contributed by atoms with Gasteiger partial charge in [-0.3, -0.25) is 9.59 Å². The maximum absolute atomic E-state index is 12.1. The summed E-state index contributed by atoms with van der Waals surface area (Å²) in [5.41, 5.74) is 2.23. The van der Waals surface area contributed by atoms with Crippen molar-refractivity contribution in [3.05, 3.63) is 70.5 Å². The van der Waals surface area contributed by atoms with Gasteiger partial charge >= 0.3 is 0 Å². The number of aromatic amines is 1. The number of H-pyrrole nitrogens is 1. The highest BCUT2D eigenvalue weighted by molar-refractivity contribution is 5.94. The van der Waals surface area contributed by atoms with Gasteiger partial charge in [-0.05, 0) is 36.2 Å². The van der Waals surface area contributed by atoms with E-state index >= 15 is 0 Å². The number of nitrogens with one attached hydrogen (secondary N) is 2. The van der Waals surface area contributed by atoms with Gasteiger partial charge in [0.15, 0.2) is 6.61 Å². The third-order valence-electron chi connectivity index (χ3n) is 3.84. The van der Waals surface area contributed by atoms with Crippen LogP contribution in [0.2, 0.25) is 0 Å². The maximum Gasteiger partial charge on any atom is 0.262 e. The molecule has 2 aromatic carbocycles. The van der Waals surface area contributed by atoms with E-state index in [1.807, 2.05) is 30.3 Å². The summed E-state index contributed by atoms with van der Waals surface area (Å²) in [5, 5.41) is 3.79. The molecule has 1 aromatic heterocycles. The molecule has 5 nitrogen and oxygen atoms in total. The normalized spacial score (nSPS) is 10.6. The first-order valence-electron chi connectivity index (χ1n) is 8.29. The lowest BCUT2D eigenvalue weighted by atomic mass is 10.0. The van der Waals surface area contributed by atoms with Gasteiger partial charge < -0.3 is 15.0 Å². The van der Waals surface area contributed by atoms with Crippen LogP contribution in [0.15, 0.2) is 59.4 Å². The zero-order chi connectivity index (χ0) is 17.6. The van der Waals surface area contributed by atoms with Crippen molar-refractivity contribution in [1.82, 2.24) is 4.98 Å². The van der Waals surface area contributed by atoms with E-state index in [9.17, 15) is 9.59 Å². The molecule has 25 heavy (non-hydrogen) atoms. The number of carbonyl (C=O) groups is 1. The Morgan fingerprint density at radius 1 is 1.12 bits per heavy atom. The van der Waals surface area contributed by atoms with E-state index in [1.54, 1.807) is 24.3 Å². The van der Waals surface area contributed by atoms with Crippen LogP contribution in [0.3, 0.4) is 0 Å². The van der Waals surface area contributed by atoms with Gasteiger partial charge in [0.1, 0.15) is 5.75 Å². The highest BCUT2D eigenvalue weighted by Gasteiger charge is 2.07. The van der Waals surface area contributed by atoms with Crippen molar-refractivity contribution < 1.29 is 9.53 Å². The van der Waals surface area contributed by atoms with E-state index in [2.05, 4.69) is 17.2 Å². The molecule has 0 saturated heterocycles. The van der Waals surface area contributed by atoms with Crippen molar-refractivity contribution in [3.63, 3.8) is 0 Å². The van der Waals surface area contributed by atoms with Crippen molar-refractivity contribution in [3.8, 4) is 5.75 Å². The highest BCUT2D eigenvalue weighted by atomic mass is 16.5. The van der Waals surface area contributed by atoms with Crippen LogP contribution in [0.25, 0.3) is 10.9 Å². The minimum atomic E-state index is -0.254. The highest BCUT2D eigenvalue weighted by Crippen LogP contribution is 2.20. The zero-order valence-electron chi connectivity index (χ0n) is 14.0. The lowest BCUT2D eigenvalue weighted by Crippen LogP contribution is -2.20. The maximum atomic E-state index is 12.1. The fourth-order valence-corrected chi connectivity index (χ4v) is 2.75. The van der Waals surface area contributed by atoms with Crippen LogP contribution < -0.4 is 15.6 Å². The average molecular weight is 336 g/mol. The minimum Gasteiger partial charge on any atom is -0.484 e. The van der Waals surface area contributed by atoms with Crippen molar-refractivity contribution in [2.45, 2.75) is 19.8 Å². The van der Waals surface area contributed by atoms with E-state index < -0.39 is 0 Å². The first-order chi connectivity index (χ1) is 12.2. The van der Waals surface area contributed by atoms with E-state index in [4.69, 9.17) is 4.74 Å². The molecule has 0 atom stereocenters. The van der Waals surface area contributed by atoms with Gasteiger partial charge in [-0.25, -0.2) is 0 Å². The summed E-state index contributed by atoms with van der Waals surface area (Å²) < 4.78 is 5.43. The second-order valence-electron chi connectivity index (χ2n) is 5.82. The van der Waals surface area contributed by atoms with Gasteiger partial charge in [0.2, 0.25) is 5.56 Å². The summed E-state index contributed by atoms with van der Waals surface area (Å²) in [7, 11) is 0. The second kappa shape index (κ2) is 7.66. The second-order valence-corrected chi connectivity index (χ2v) is 5.82. The molecule has 0 spiro atoms. The molecule has 1 amide bonds. The predicted octanol–water partition coefficient (Wildman–Crippen LogP) is 3.50. The SMILES string of the molecule is CCCc1cc(=O)[nH]c2cc(NC(=O)COc3ccccc3)ccc12. The smallest absolute Gasteiger partial charge is 0.262 e. The van der Waals surface area contributed by atoms with Gasteiger partial charge in [-0.2, -0.15) is 0 Å². The molecule has 0 bridgehead atoms. The van der Waals surface area contributed by atoms with Crippen LogP contribution in [0.4, 0.5) is 5.69 Å². The number of para-hydroxylation sites is 1. The van der Waals surface area contributed by atoms with Gasteiger partial charge in [0.05, 0.1) is 5.52 Å². The summed E-state index contributed by atoms with van der Waals surface area (Å²) in [6.07, 6.45) is 1.81. The molecule has 0 saturated carbocycles. The largest absolute Gasteiger partial charge is 0.484 e. The van der Waals surface area contributed by atoms with Crippen molar-refractivity contribution >= 4 is 22.5 Å². The zero-order valence-corrected chi connectivity index (χ0v) is 14.0. The van der Waals surface area contributed by atoms with Crippen LogP contribution in [-0.2, 0) is 11.2 Å². The monoisotopic (exact) mass is 336 g/mol. The van der Waals surface area contributed by atoms with Gasteiger partial charge in [-0.1, -0.05) is 37.6 Å². The third-order valence-corrected chi connectivity index (χ3v) is 3.84. The third kappa shape index (κ3) is 4.26. The predicted molar refractivity (Wildman–Crippen MR) is 99.1 cm³/mol. The van der Waals surface area contributed by atoms with Gasteiger partial charge in [0, 0.05) is 17.1 Å². The Kier molecular flexibility index (Phi) is 5.14. The molecule has 0 radical (unpaired) electrons. The van der Waals surface area contributed by atoms with E-state index in [0.29, 0.717) is 11.4 Å². The van der Waals surface area contributed by atoms with Crippen molar-refractivity contribution in [2.24, 2.45) is 0 Å². The fraction of sp³-hybridized carbons (Fsp3) is 0.200. The molecule has 128 valence electrons. The number of aryl methyl sites for hydroxylation is 1. The first kappa shape index (κ1) is 16.8. The molecule has 0 aliphatic heterocycles. The van der Waals surface area contributed by atoms with Gasteiger partial charge in [0.25, 0.3) is 5.91 Å². The van der Waals surface area contributed by atoms with E-state index in [0.717, 1.165) is 29.3 Å². The van der Waals surface area contributed by atoms with Crippen LogP contribution in [0.5, 0.6) is 5.75 Å². The van der Waals surface area contributed by atoms with E-state index in [1.165, 1.54) is 0 Å². The van der Waals surface area contributed by atoms with Crippen LogP contribution in [0.1, 0.15) is 18.9 Å². The first-order valence-corrected chi connectivity index (χ1v) is 8.29. The van der Waals surface area contributed by atoms with Crippen LogP contribution >= 0.6 is 0 Å². The van der Waals surface area contributed by atoms with Gasteiger partial charge in [-0.15, -0.1) is 0 Å². The molecule has 3 rings (SSSR count). The lowest BCUT2D eigenvalue weighted by Gasteiger charge is -2.10. The molecule has 5 heteroatoms. The summed E-state index contributed by atoms with van der Waals surface area (Å²) in [4.78, 5) is 26.7. The number of anilines is 1. The number of aromatic nitrogens is 1. The summed E-state index contributed by atoms with van der Waals surface area (Å²) in [6, 6.07) is 16.3. The molecule has 1 heterocycles. The number of hydrogen-bond donors (Lipinski definition) is 2. The molecule has 0 fully saturated rings. The number of hydrogen-bond acceptors (Lipinski definition) is 3. The Labute approximate surface area is 145 Å². The number of pyridine rings is 1. The quantitative estimate of drug-likeness (QED) is 0.724. The number of amides is 1. The number of carbonyl (C=O) groups excluding carboxylic acids is 1. The Morgan fingerprint density at radius 2 is 1.92 bits per heavy atom.